The zero-order chi connectivity index (χ0) is 34.4. The molecule has 0 aliphatic rings. The fourth-order valence-corrected chi connectivity index (χ4v) is 6.65. The van der Waals surface area contributed by atoms with Crippen molar-refractivity contribution in [2.45, 2.75) is 205 Å². The molecule has 0 saturated heterocycles. The summed E-state index contributed by atoms with van der Waals surface area (Å²) in [5.41, 5.74) is 3.51. The second-order valence-electron chi connectivity index (χ2n) is 13.3. The normalized spacial score (nSPS) is 13.3. The highest BCUT2D eigenvalue weighted by molar-refractivity contribution is 7.52. The third-order valence-corrected chi connectivity index (χ3v) is 10.0. The van der Waals surface area contributed by atoms with Crippen LogP contribution in [0.2, 0.25) is 0 Å². The molecule has 0 amide bonds. The molecule has 46 heavy (non-hydrogen) atoms. The summed E-state index contributed by atoms with van der Waals surface area (Å²) >= 11 is 0. The molecule has 7 nitrogen and oxygen atoms in total. The molecule has 0 aliphatic heterocycles. The first kappa shape index (κ1) is 44.9. The van der Waals surface area contributed by atoms with Gasteiger partial charge in [0.1, 0.15) is 0 Å². The van der Waals surface area contributed by atoms with Gasteiger partial charge in [-0.1, -0.05) is 141 Å². The van der Waals surface area contributed by atoms with Gasteiger partial charge >= 0.3 is 7.60 Å². The highest BCUT2D eigenvalue weighted by Crippen LogP contribution is 2.45. The maximum absolute atomic E-state index is 13.0. The van der Waals surface area contributed by atoms with Crippen LogP contribution in [0.4, 0.5) is 0 Å². The zero-order valence-electron chi connectivity index (χ0n) is 29.8. The molecule has 0 fully saturated rings. The summed E-state index contributed by atoms with van der Waals surface area (Å²) in [4.78, 5) is 45.2. The Morgan fingerprint density at radius 2 is 0.804 bits per heavy atom. The van der Waals surface area contributed by atoms with Crippen LogP contribution in [0.25, 0.3) is 0 Å². The van der Waals surface area contributed by atoms with Gasteiger partial charge in [0.2, 0.25) is 0 Å². The van der Waals surface area contributed by atoms with E-state index in [1.54, 1.807) is 0 Å². The van der Waals surface area contributed by atoms with Gasteiger partial charge in [-0.05, 0) is 64.2 Å². The Balaban J connectivity index is 4.27. The van der Waals surface area contributed by atoms with Crippen molar-refractivity contribution in [1.82, 2.24) is 0 Å². The first-order valence-electron chi connectivity index (χ1n) is 19.0. The predicted molar refractivity (Wildman–Crippen MR) is 194 cm³/mol. The molecule has 0 radical (unpaired) electrons. The van der Waals surface area contributed by atoms with Crippen molar-refractivity contribution in [3.8, 4) is 0 Å². The van der Waals surface area contributed by atoms with Gasteiger partial charge in [-0.15, -0.1) is 0 Å². The highest BCUT2D eigenvalue weighted by Gasteiger charge is 2.53. The number of carbonyl (C=O) groups excluding carboxylic acids is 2. The molecule has 0 aromatic carbocycles. The van der Waals surface area contributed by atoms with E-state index in [1.165, 1.54) is 77.0 Å². The molecule has 0 bridgehead atoms. The van der Waals surface area contributed by atoms with Crippen LogP contribution in [0, 0.1) is 0 Å². The van der Waals surface area contributed by atoms with Crippen LogP contribution in [0.5, 0.6) is 0 Å². The van der Waals surface area contributed by atoms with Gasteiger partial charge in [0, 0.05) is 12.8 Å². The zero-order valence-corrected chi connectivity index (χ0v) is 30.7. The molecule has 1 atom stereocenters. The lowest BCUT2D eigenvalue weighted by molar-refractivity contribution is -0.138. The summed E-state index contributed by atoms with van der Waals surface area (Å²) in [6, 6.07) is 0. The number of carbonyl (C=O) groups is 2. The van der Waals surface area contributed by atoms with Crippen molar-refractivity contribution >= 4 is 19.2 Å². The number of ketones is 2. The average Bonchev–Trinajstić information content (AvgIpc) is 3.03. The van der Waals surface area contributed by atoms with Crippen LogP contribution >= 0.6 is 7.60 Å². The number of rotatable bonds is 34. The topological polar surface area (TPSA) is 138 Å². The molecule has 0 aromatic rings. The lowest BCUT2D eigenvalue weighted by atomic mass is 9.85. The van der Waals surface area contributed by atoms with Gasteiger partial charge in [-0.2, -0.15) is 0 Å². The van der Waals surface area contributed by atoms with Crippen LogP contribution in [-0.4, -0.2) is 37.8 Å². The standard InChI is InChI=1S/C38H72NO6P/c1-3-5-7-9-11-13-15-17-19-21-23-25-27-29-31-33-35(40)38(39,37(42)46(43,44)45)36(41)34-32-30-28-26-24-22-20-18-16-14-12-10-8-6-4-2/h17-20,37,42H,3-16,21-34,39H2,1-2H3,(H2,43,44,45)/b19-17-,20-18-. The summed E-state index contributed by atoms with van der Waals surface area (Å²) in [5, 5.41) is 10.4. The van der Waals surface area contributed by atoms with E-state index >= 15 is 0 Å². The Labute approximate surface area is 282 Å². The van der Waals surface area contributed by atoms with Gasteiger partial charge in [0.05, 0.1) is 0 Å². The maximum atomic E-state index is 13.0. The highest BCUT2D eigenvalue weighted by atomic mass is 31.2. The SMILES string of the molecule is CCCCCCCC/C=C\CCCCCCCC(=O)C(N)(C(=O)CCCCCCC/C=C\CCCCCCCC)C(O)P(=O)(O)O. The van der Waals surface area contributed by atoms with Gasteiger partial charge in [-0.25, -0.2) is 0 Å². The molecule has 8 heteroatoms. The summed E-state index contributed by atoms with van der Waals surface area (Å²) < 4.78 is 11.9. The number of nitrogens with two attached hydrogens (primary N) is 1. The first-order chi connectivity index (χ1) is 22.1. The Bertz CT molecular complexity index is 800. The Morgan fingerprint density at radius 3 is 1.09 bits per heavy atom. The third-order valence-electron chi connectivity index (χ3n) is 8.98. The van der Waals surface area contributed by atoms with Crippen molar-refractivity contribution in [1.29, 1.82) is 0 Å². The van der Waals surface area contributed by atoms with Crippen LogP contribution in [-0.2, 0) is 14.2 Å². The number of Topliss-reactive ketones (excluding diaryl/α,β-unsaturated/α-hetero) is 2. The number of allylic oxidation sites excluding steroid dienone is 4. The molecule has 0 heterocycles. The van der Waals surface area contributed by atoms with Gasteiger partial charge in [-0.3, -0.25) is 14.2 Å². The number of aliphatic hydroxyl groups is 1. The van der Waals surface area contributed by atoms with Crippen molar-refractivity contribution in [2.24, 2.45) is 5.73 Å². The first-order valence-corrected chi connectivity index (χ1v) is 20.7. The molecule has 0 spiro atoms. The molecular formula is C38H72NO6P. The Kier molecular flexibility index (Phi) is 29.3. The van der Waals surface area contributed by atoms with E-state index in [4.69, 9.17) is 5.73 Å². The Hall–Kier alpha value is -1.11. The molecule has 0 saturated carbocycles. The van der Waals surface area contributed by atoms with E-state index in [-0.39, 0.29) is 12.8 Å². The molecule has 270 valence electrons. The second kappa shape index (κ2) is 30.0. The Morgan fingerprint density at radius 1 is 0.543 bits per heavy atom. The van der Waals surface area contributed by atoms with Crippen molar-refractivity contribution < 1.29 is 29.0 Å². The van der Waals surface area contributed by atoms with Crippen LogP contribution < -0.4 is 5.73 Å². The summed E-state index contributed by atoms with van der Waals surface area (Å²) in [7, 11) is -5.16. The van der Waals surface area contributed by atoms with Gasteiger partial charge < -0.3 is 20.6 Å². The van der Waals surface area contributed by atoms with E-state index < -0.39 is 30.5 Å². The van der Waals surface area contributed by atoms with E-state index in [1.807, 2.05) is 0 Å². The van der Waals surface area contributed by atoms with E-state index in [2.05, 4.69) is 38.2 Å². The lowest BCUT2D eigenvalue weighted by Crippen LogP contribution is -2.62. The van der Waals surface area contributed by atoms with E-state index in [0.29, 0.717) is 12.8 Å². The summed E-state index contributed by atoms with van der Waals surface area (Å²) in [5.74, 6) is -4.08. The minimum atomic E-state index is -5.16. The number of aliphatic hydroxyl groups excluding tert-OH is 1. The summed E-state index contributed by atoms with van der Waals surface area (Å²) in [6.45, 7) is 4.47. The molecule has 0 aromatic heterocycles. The molecule has 5 N–H and O–H groups in total. The summed E-state index contributed by atoms with van der Waals surface area (Å²) in [6.07, 6.45) is 37.5. The fraction of sp³-hybridized carbons (Fsp3) is 0.842. The van der Waals surface area contributed by atoms with Crippen LogP contribution in [0.3, 0.4) is 0 Å². The van der Waals surface area contributed by atoms with Crippen LogP contribution in [0.1, 0.15) is 194 Å². The fourth-order valence-electron chi connectivity index (χ4n) is 5.84. The van der Waals surface area contributed by atoms with Crippen molar-refractivity contribution in [3.05, 3.63) is 24.3 Å². The smallest absolute Gasteiger partial charge is 0.356 e. The maximum Gasteiger partial charge on any atom is 0.356 e. The van der Waals surface area contributed by atoms with Gasteiger partial charge in [0.25, 0.3) is 0 Å². The van der Waals surface area contributed by atoms with Crippen LogP contribution in [0.15, 0.2) is 24.3 Å². The number of hydrogen-bond donors (Lipinski definition) is 4. The molecule has 0 rings (SSSR count). The third kappa shape index (κ3) is 23.3. The monoisotopic (exact) mass is 670 g/mol. The van der Waals surface area contributed by atoms with E-state index in [0.717, 1.165) is 77.0 Å². The minimum absolute atomic E-state index is 0.0795. The number of hydrogen-bond acceptors (Lipinski definition) is 5. The predicted octanol–water partition coefficient (Wildman–Crippen LogP) is 10.4. The largest absolute Gasteiger partial charge is 0.378 e. The second-order valence-corrected chi connectivity index (χ2v) is 15.0. The van der Waals surface area contributed by atoms with Gasteiger partial charge in [0.15, 0.2) is 23.0 Å². The lowest BCUT2D eigenvalue weighted by Gasteiger charge is -2.31. The van der Waals surface area contributed by atoms with Crippen molar-refractivity contribution in [3.63, 3.8) is 0 Å². The van der Waals surface area contributed by atoms with E-state index in [9.17, 15) is 29.0 Å². The molecule has 0 aliphatic carbocycles. The molecule has 1 unspecified atom stereocenters. The quantitative estimate of drug-likeness (QED) is 0.0231. The number of unbranched alkanes of at least 4 members (excludes halogenated alkanes) is 22. The van der Waals surface area contributed by atoms with Crippen molar-refractivity contribution in [2.75, 3.05) is 0 Å². The molecular weight excluding hydrogens is 597 g/mol. The minimum Gasteiger partial charge on any atom is -0.378 e. The average molecular weight is 670 g/mol.